The van der Waals surface area contributed by atoms with Gasteiger partial charge in [0, 0.05) is 43.9 Å². The number of carbonyl (C=O) groups excluding carboxylic acids is 1. The van der Waals surface area contributed by atoms with E-state index in [0.29, 0.717) is 5.56 Å². The Morgan fingerprint density at radius 2 is 2.21 bits per heavy atom. The van der Waals surface area contributed by atoms with Crippen LogP contribution in [0.4, 0.5) is 0 Å². The van der Waals surface area contributed by atoms with Gasteiger partial charge in [0.15, 0.2) is 0 Å². The fourth-order valence-electron chi connectivity index (χ4n) is 3.19. The van der Waals surface area contributed by atoms with E-state index in [0.717, 1.165) is 30.8 Å². The minimum atomic E-state index is 0.0195. The van der Waals surface area contributed by atoms with Gasteiger partial charge in [-0.1, -0.05) is 0 Å². The molecule has 0 saturated carbocycles. The number of imidazole rings is 1. The Labute approximate surface area is 139 Å². The lowest BCUT2D eigenvalue weighted by molar-refractivity contribution is 0.0735. The van der Waals surface area contributed by atoms with Gasteiger partial charge in [0.25, 0.3) is 5.91 Å². The number of amides is 1. The molecule has 0 spiro atoms. The largest absolute Gasteiger partial charge is 0.331 e. The van der Waals surface area contributed by atoms with E-state index in [1.54, 1.807) is 23.4 Å². The van der Waals surface area contributed by atoms with Crippen LogP contribution in [0.5, 0.6) is 0 Å². The highest BCUT2D eigenvalue weighted by atomic mass is 16.2. The predicted molar refractivity (Wildman–Crippen MR) is 87.6 cm³/mol. The first-order chi connectivity index (χ1) is 11.7. The van der Waals surface area contributed by atoms with Crippen LogP contribution >= 0.6 is 0 Å². The van der Waals surface area contributed by atoms with Gasteiger partial charge in [-0.05, 0) is 25.0 Å². The van der Waals surface area contributed by atoms with E-state index in [1.807, 2.05) is 47.2 Å². The summed E-state index contributed by atoms with van der Waals surface area (Å²) in [5.74, 6) is 0.764. The standard InChI is InChI=1S/C17H18N6O/c1-21-11-14(10-20-21)15-3-2-7-23(15)17(24)13-4-5-16(19-9-13)22-8-6-18-12-22/h4-6,8-12,15H,2-3,7H2,1H3/t15-/m0/s1. The van der Waals surface area contributed by atoms with E-state index < -0.39 is 0 Å². The van der Waals surface area contributed by atoms with Crippen molar-refractivity contribution in [2.75, 3.05) is 6.54 Å². The first-order valence-corrected chi connectivity index (χ1v) is 7.96. The van der Waals surface area contributed by atoms with E-state index in [1.165, 1.54) is 0 Å². The highest BCUT2D eigenvalue weighted by Gasteiger charge is 2.31. The summed E-state index contributed by atoms with van der Waals surface area (Å²) in [5, 5.41) is 4.23. The average Bonchev–Trinajstić information content (AvgIpc) is 3.35. The van der Waals surface area contributed by atoms with E-state index in [2.05, 4.69) is 15.1 Å². The molecule has 0 unspecified atom stereocenters. The SMILES string of the molecule is Cn1cc([C@@H]2CCCN2C(=O)c2ccc(-n3ccnc3)nc2)cn1. The molecule has 0 aliphatic carbocycles. The summed E-state index contributed by atoms with van der Waals surface area (Å²) in [5.41, 5.74) is 1.70. The predicted octanol–water partition coefficient (Wildman–Crippen LogP) is 1.98. The molecule has 0 aromatic carbocycles. The lowest BCUT2D eigenvalue weighted by Gasteiger charge is -2.24. The number of hydrogen-bond acceptors (Lipinski definition) is 4. The third-order valence-corrected chi connectivity index (χ3v) is 4.39. The second-order valence-corrected chi connectivity index (χ2v) is 5.98. The maximum absolute atomic E-state index is 12.9. The highest BCUT2D eigenvalue weighted by Crippen LogP contribution is 2.32. The minimum Gasteiger partial charge on any atom is -0.331 e. The van der Waals surface area contributed by atoms with Crippen LogP contribution in [0.15, 0.2) is 49.4 Å². The molecule has 3 aromatic rings. The Kier molecular flexibility index (Phi) is 3.60. The van der Waals surface area contributed by atoms with Crippen molar-refractivity contribution in [1.82, 2.24) is 29.2 Å². The third kappa shape index (κ3) is 2.58. The van der Waals surface area contributed by atoms with Gasteiger partial charge in [-0.2, -0.15) is 5.10 Å². The van der Waals surface area contributed by atoms with Crippen molar-refractivity contribution in [3.05, 3.63) is 60.6 Å². The molecule has 0 bridgehead atoms. The summed E-state index contributed by atoms with van der Waals surface area (Å²) in [4.78, 5) is 23.2. The van der Waals surface area contributed by atoms with Gasteiger partial charge in [-0.3, -0.25) is 14.0 Å². The van der Waals surface area contributed by atoms with Gasteiger partial charge in [0.2, 0.25) is 0 Å². The molecule has 7 nitrogen and oxygen atoms in total. The zero-order valence-corrected chi connectivity index (χ0v) is 13.4. The van der Waals surface area contributed by atoms with Gasteiger partial charge in [-0.25, -0.2) is 9.97 Å². The maximum Gasteiger partial charge on any atom is 0.255 e. The van der Waals surface area contributed by atoms with Crippen molar-refractivity contribution in [3.63, 3.8) is 0 Å². The van der Waals surface area contributed by atoms with Crippen LogP contribution in [0.2, 0.25) is 0 Å². The second-order valence-electron chi connectivity index (χ2n) is 5.98. The van der Waals surface area contributed by atoms with E-state index in [4.69, 9.17) is 0 Å². The highest BCUT2D eigenvalue weighted by molar-refractivity contribution is 5.94. The number of carbonyl (C=O) groups is 1. The number of hydrogen-bond donors (Lipinski definition) is 0. The number of rotatable bonds is 3. The van der Waals surface area contributed by atoms with Crippen LogP contribution in [0.1, 0.15) is 34.8 Å². The Bertz CT molecular complexity index is 836. The normalized spacial score (nSPS) is 17.4. The monoisotopic (exact) mass is 322 g/mol. The molecule has 3 aromatic heterocycles. The second kappa shape index (κ2) is 5.92. The summed E-state index contributed by atoms with van der Waals surface area (Å²) in [6, 6.07) is 3.76. The summed E-state index contributed by atoms with van der Waals surface area (Å²) in [6.07, 6.45) is 12.6. The summed E-state index contributed by atoms with van der Waals surface area (Å²) < 4.78 is 3.58. The van der Waals surface area contributed by atoms with Crippen LogP contribution in [-0.4, -0.2) is 41.7 Å². The van der Waals surface area contributed by atoms with E-state index >= 15 is 0 Å². The molecule has 4 heterocycles. The molecule has 1 fully saturated rings. The number of aromatic nitrogens is 5. The maximum atomic E-state index is 12.9. The van der Waals surface area contributed by atoms with Crippen LogP contribution in [0.3, 0.4) is 0 Å². The molecule has 0 N–H and O–H groups in total. The third-order valence-electron chi connectivity index (χ3n) is 4.39. The fourth-order valence-corrected chi connectivity index (χ4v) is 3.19. The van der Waals surface area contributed by atoms with Crippen molar-refractivity contribution in [2.24, 2.45) is 7.05 Å². The van der Waals surface area contributed by atoms with Gasteiger partial charge in [0.1, 0.15) is 12.1 Å². The number of likely N-dealkylation sites (tertiary alicyclic amines) is 1. The first kappa shape index (κ1) is 14.6. The van der Waals surface area contributed by atoms with Gasteiger partial charge >= 0.3 is 0 Å². The molecule has 1 atom stereocenters. The molecule has 1 aliphatic rings. The topological polar surface area (TPSA) is 68.8 Å². The van der Waals surface area contributed by atoms with Gasteiger partial charge in [-0.15, -0.1) is 0 Å². The van der Waals surface area contributed by atoms with E-state index in [9.17, 15) is 4.79 Å². The first-order valence-electron chi connectivity index (χ1n) is 7.96. The van der Waals surface area contributed by atoms with Gasteiger partial charge < -0.3 is 4.90 Å². The Balaban J connectivity index is 1.56. The van der Waals surface area contributed by atoms with Crippen LogP contribution in [0.25, 0.3) is 5.82 Å². The Morgan fingerprint density at radius 1 is 1.29 bits per heavy atom. The van der Waals surface area contributed by atoms with Crippen LogP contribution in [-0.2, 0) is 7.05 Å². The molecule has 1 aliphatic heterocycles. The molecule has 4 rings (SSSR count). The number of pyridine rings is 1. The summed E-state index contributed by atoms with van der Waals surface area (Å²) in [7, 11) is 1.89. The quantitative estimate of drug-likeness (QED) is 0.739. The number of aryl methyl sites for hydroxylation is 1. The Morgan fingerprint density at radius 3 is 2.88 bits per heavy atom. The molecule has 1 saturated heterocycles. The molecule has 0 radical (unpaired) electrons. The van der Waals surface area contributed by atoms with Crippen LogP contribution in [0, 0.1) is 0 Å². The molecule has 7 heteroatoms. The minimum absolute atomic E-state index is 0.0195. The van der Waals surface area contributed by atoms with Crippen molar-refractivity contribution in [2.45, 2.75) is 18.9 Å². The molecule has 122 valence electrons. The number of nitrogens with zero attached hydrogens (tertiary/aromatic N) is 6. The van der Waals surface area contributed by atoms with Gasteiger partial charge in [0.05, 0.1) is 17.8 Å². The lowest BCUT2D eigenvalue weighted by Crippen LogP contribution is -2.30. The fraction of sp³-hybridized carbons (Fsp3) is 0.294. The molecule has 1 amide bonds. The molecular formula is C17H18N6O. The van der Waals surface area contributed by atoms with Crippen molar-refractivity contribution < 1.29 is 4.79 Å². The zero-order chi connectivity index (χ0) is 16.5. The molecule has 24 heavy (non-hydrogen) atoms. The van der Waals surface area contributed by atoms with Crippen LogP contribution < -0.4 is 0 Å². The van der Waals surface area contributed by atoms with Crippen molar-refractivity contribution in [1.29, 1.82) is 0 Å². The average molecular weight is 322 g/mol. The lowest BCUT2D eigenvalue weighted by atomic mass is 10.1. The van der Waals surface area contributed by atoms with Crippen molar-refractivity contribution >= 4 is 5.91 Å². The van der Waals surface area contributed by atoms with Crippen molar-refractivity contribution in [3.8, 4) is 5.82 Å². The smallest absolute Gasteiger partial charge is 0.255 e. The summed E-state index contributed by atoms with van der Waals surface area (Å²) >= 11 is 0. The zero-order valence-electron chi connectivity index (χ0n) is 13.4. The Hall–Kier alpha value is -2.96. The molecular weight excluding hydrogens is 304 g/mol. The summed E-state index contributed by atoms with van der Waals surface area (Å²) in [6.45, 7) is 0.766. The van der Waals surface area contributed by atoms with E-state index in [-0.39, 0.29) is 11.9 Å².